The van der Waals surface area contributed by atoms with E-state index in [0.29, 0.717) is 22.8 Å². The molecule has 0 saturated carbocycles. The number of aromatic nitrogens is 2. The van der Waals surface area contributed by atoms with Gasteiger partial charge in [0.15, 0.2) is 5.78 Å². The summed E-state index contributed by atoms with van der Waals surface area (Å²) in [5.74, 6) is 0.0984. The Hall–Kier alpha value is -3.15. The number of carbonyl (C=O) groups is 2. The molecule has 2 aromatic heterocycles. The molecule has 0 atom stereocenters. The Morgan fingerprint density at radius 1 is 1.18 bits per heavy atom. The first-order valence-electron chi connectivity index (χ1n) is 6.69. The van der Waals surface area contributed by atoms with Crippen LogP contribution in [0.4, 0.5) is 11.5 Å². The molecule has 1 amide bonds. The highest BCUT2D eigenvalue weighted by Gasteiger charge is 2.09. The monoisotopic (exact) mass is 294 g/mol. The van der Waals surface area contributed by atoms with E-state index < -0.39 is 0 Å². The number of amides is 1. The van der Waals surface area contributed by atoms with Crippen molar-refractivity contribution >= 4 is 34.1 Å². The highest BCUT2D eigenvalue weighted by atomic mass is 16.1. The number of fused-ring (bicyclic) bond motifs is 1. The van der Waals surface area contributed by atoms with Gasteiger partial charge in [0.1, 0.15) is 5.82 Å². The molecule has 0 aliphatic heterocycles. The molecule has 6 nitrogen and oxygen atoms in total. The molecule has 3 aromatic rings. The Balaban J connectivity index is 1.85. The molecule has 6 heteroatoms. The number of pyridine rings is 1. The number of nitrogens with two attached hydrogens (primary N) is 1. The lowest BCUT2D eigenvalue weighted by Gasteiger charge is -2.04. The first-order valence-corrected chi connectivity index (χ1v) is 6.69. The second kappa shape index (κ2) is 5.33. The van der Waals surface area contributed by atoms with E-state index in [-0.39, 0.29) is 11.7 Å². The van der Waals surface area contributed by atoms with E-state index in [0.717, 1.165) is 10.9 Å². The summed E-state index contributed by atoms with van der Waals surface area (Å²) in [5.41, 5.74) is 7.94. The summed E-state index contributed by atoms with van der Waals surface area (Å²) < 4.78 is 0. The number of hydrogen-bond donors (Lipinski definition) is 3. The van der Waals surface area contributed by atoms with Crippen LogP contribution in [0.2, 0.25) is 0 Å². The molecule has 0 spiro atoms. The number of aromatic amines is 1. The fraction of sp³-hybridized carbons (Fsp3) is 0.0625. The highest BCUT2D eigenvalue weighted by molar-refractivity contribution is 6.05. The van der Waals surface area contributed by atoms with E-state index in [1.807, 2.05) is 0 Å². The van der Waals surface area contributed by atoms with Gasteiger partial charge >= 0.3 is 0 Å². The van der Waals surface area contributed by atoms with Crippen LogP contribution in [0.1, 0.15) is 27.8 Å². The number of nitrogen functional groups attached to an aromatic ring is 1. The number of ketones is 1. The zero-order valence-corrected chi connectivity index (χ0v) is 11.9. The van der Waals surface area contributed by atoms with Crippen LogP contribution in [0.15, 0.2) is 42.6 Å². The van der Waals surface area contributed by atoms with Crippen LogP contribution < -0.4 is 11.1 Å². The van der Waals surface area contributed by atoms with Crippen LogP contribution in [0.3, 0.4) is 0 Å². The molecule has 110 valence electrons. The van der Waals surface area contributed by atoms with Crippen molar-refractivity contribution in [1.82, 2.24) is 9.97 Å². The fourth-order valence-electron chi connectivity index (χ4n) is 2.11. The molecule has 4 N–H and O–H groups in total. The van der Waals surface area contributed by atoms with Gasteiger partial charge in [0.2, 0.25) is 0 Å². The number of anilines is 2. The molecule has 0 aliphatic rings. The quantitative estimate of drug-likeness (QED) is 0.510. The van der Waals surface area contributed by atoms with Crippen molar-refractivity contribution in [3.8, 4) is 0 Å². The number of benzene rings is 1. The standard InChI is InChI=1S/C16H14N4O2/c1-9(21)13-6-11-7-15(18-8-14(11)19-13)20-16(22)10-2-4-12(17)5-3-10/h2-8,19H,17H2,1H3,(H,18,20,22). The van der Waals surface area contributed by atoms with E-state index in [2.05, 4.69) is 15.3 Å². The maximum Gasteiger partial charge on any atom is 0.256 e. The van der Waals surface area contributed by atoms with Gasteiger partial charge in [-0.2, -0.15) is 0 Å². The summed E-state index contributed by atoms with van der Waals surface area (Å²) >= 11 is 0. The molecule has 0 fully saturated rings. The van der Waals surface area contributed by atoms with Crippen LogP contribution in [0, 0.1) is 0 Å². The van der Waals surface area contributed by atoms with E-state index in [9.17, 15) is 9.59 Å². The van der Waals surface area contributed by atoms with Gasteiger partial charge in [-0.25, -0.2) is 4.98 Å². The van der Waals surface area contributed by atoms with Gasteiger partial charge in [0.25, 0.3) is 5.91 Å². The molecule has 0 radical (unpaired) electrons. The minimum absolute atomic E-state index is 0.0522. The molecule has 0 bridgehead atoms. The molecule has 0 aliphatic carbocycles. The van der Waals surface area contributed by atoms with Crippen molar-refractivity contribution in [2.75, 3.05) is 11.1 Å². The second-order valence-corrected chi connectivity index (χ2v) is 4.97. The smallest absolute Gasteiger partial charge is 0.256 e. The lowest BCUT2D eigenvalue weighted by Crippen LogP contribution is -2.12. The lowest BCUT2D eigenvalue weighted by atomic mass is 10.2. The Labute approximate surface area is 126 Å². The first-order chi connectivity index (χ1) is 10.5. The number of H-pyrrole nitrogens is 1. The van der Waals surface area contributed by atoms with Gasteiger partial charge in [-0.15, -0.1) is 0 Å². The van der Waals surface area contributed by atoms with Crippen molar-refractivity contribution in [3.63, 3.8) is 0 Å². The largest absolute Gasteiger partial charge is 0.399 e. The zero-order valence-electron chi connectivity index (χ0n) is 11.9. The summed E-state index contributed by atoms with van der Waals surface area (Å²) in [7, 11) is 0. The van der Waals surface area contributed by atoms with Gasteiger partial charge in [-0.3, -0.25) is 9.59 Å². The molecule has 1 aromatic carbocycles. The van der Waals surface area contributed by atoms with Crippen LogP contribution in [-0.4, -0.2) is 21.7 Å². The number of rotatable bonds is 3. The van der Waals surface area contributed by atoms with Crippen LogP contribution in [0.5, 0.6) is 0 Å². The van der Waals surface area contributed by atoms with E-state index in [1.165, 1.54) is 6.92 Å². The summed E-state index contributed by atoms with van der Waals surface area (Å²) in [4.78, 5) is 30.6. The maximum absolute atomic E-state index is 12.1. The van der Waals surface area contributed by atoms with Crippen molar-refractivity contribution in [3.05, 3.63) is 53.9 Å². The van der Waals surface area contributed by atoms with Gasteiger partial charge in [-0.05, 0) is 36.4 Å². The molecule has 0 unspecified atom stereocenters. The third-order valence-electron chi connectivity index (χ3n) is 3.30. The molecule has 22 heavy (non-hydrogen) atoms. The molecular formula is C16H14N4O2. The van der Waals surface area contributed by atoms with Crippen LogP contribution in [-0.2, 0) is 0 Å². The summed E-state index contributed by atoms with van der Waals surface area (Å²) in [6.45, 7) is 1.49. The Bertz CT molecular complexity index is 865. The SMILES string of the molecule is CC(=O)c1cc2cc(NC(=O)c3ccc(N)cc3)ncc2[nH]1. The molecule has 3 rings (SSSR count). The number of nitrogens with one attached hydrogen (secondary N) is 2. The third kappa shape index (κ3) is 2.67. The summed E-state index contributed by atoms with van der Waals surface area (Å²) in [6, 6.07) is 10.1. The van der Waals surface area contributed by atoms with E-state index in [1.54, 1.807) is 42.6 Å². The average Bonchev–Trinajstić information content (AvgIpc) is 2.91. The molecular weight excluding hydrogens is 280 g/mol. The maximum atomic E-state index is 12.1. The van der Waals surface area contributed by atoms with Gasteiger partial charge in [0, 0.05) is 23.6 Å². The second-order valence-electron chi connectivity index (χ2n) is 4.97. The Morgan fingerprint density at radius 2 is 1.91 bits per heavy atom. The average molecular weight is 294 g/mol. The number of carbonyl (C=O) groups excluding carboxylic acids is 2. The number of hydrogen-bond acceptors (Lipinski definition) is 4. The minimum Gasteiger partial charge on any atom is -0.399 e. The summed E-state index contributed by atoms with van der Waals surface area (Å²) in [6.07, 6.45) is 1.58. The normalized spacial score (nSPS) is 10.6. The van der Waals surface area contributed by atoms with Crippen LogP contribution in [0.25, 0.3) is 10.9 Å². The summed E-state index contributed by atoms with van der Waals surface area (Å²) in [5, 5.41) is 3.53. The zero-order chi connectivity index (χ0) is 15.7. The third-order valence-corrected chi connectivity index (χ3v) is 3.30. The van der Waals surface area contributed by atoms with Crippen molar-refractivity contribution in [2.24, 2.45) is 0 Å². The van der Waals surface area contributed by atoms with Crippen molar-refractivity contribution in [1.29, 1.82) is 0 Å². The highest BCUT2D eigenvalue weighted by Crippen LogP contribution is 2.18. The van der Waals surface area contributed by atoms with E-state index in [4.69, 9.17) is 5.73 Å². The first kappa shape index (κ1) is 13.8. The van der Waals surface area contributed by atoms with Crippen molar-refractivity contribution < 1.29 is 9.59 Å². The lowest BCUT2D eigenvalue weighted by molar-refractivity contribution is 0.101. The molecule has 2 heterocycles. The van der Waals surface area contributed by atoms with Crippen molar-refractivity contribution in [2.45, 2.75) is 6.92 Å². The Kier molecular flexibility index (Phi) is 3.34. The number of Topliss-reactive ketones (excluding diaryl/α,β-unsaturated/α-hetero) is 1. The molecule has 0 saturated heterocycles. The van der Waals surface area contributed by atoms with Gasteiger partial charge < -0.3 is 16.0 Å². The number of nitrogens with zero attached hydrogens (tertiary/aromatic N) is 1. The van der Waals surface area contributed by atoms with E-state index >= 15 is 0 Å². The fourth-order valence-corrected chi connectivity index (χ4v) is 2.11. The topological polar surface area (TPSA) is 101 Å². The predicted molar refractivity (Wildman–Crippen MR) is 84.9 cm³/mol. The van der Waals surface area contributed by atoms with Gasteiger partial charge in [0.05, 0.1) is 17.4 Å². The Morgan fingerprint density at radius 3 is 2.59 bits per heavy atom. The predicted octanol–water partition coefficient (Wildman–Crippen LogP) is 2.60. The minimum atomic E-state index is -0.269. The van der Waals surface area contributed by atoms with Crippen LogP contribution >= 0.6 is 0 Å². The van der Waals surface area contributed by atoms with Gasteiger partial charge in [-0.1, -0.05) is 0 Å².